The van der Waals surface area contributed by atoms with Crippen molar-refractivity contribution >= 4 is 17.2 Å². The molecular formula is C15H20N2OS. The number of carbonyl (C=O) groups excluding carboxylic acids is 1. The summed E-state index contributed by atoms with van der Waals surface area (Å²) in [6, 6.07) is 2.29. The second-order valence-corrected chi connectivity index (χ2v) is 5.67. The van der Waals surface area contributed by atoms with Gasteiger partial charge in [0.15, 0.2) is 0 Å². The van der Waals surface area contributed by atoms with E-state index in [0.29, 0.717) is 12.6 Å². The molecule has 0 radical (unpaired) electrons. The Balaban J connectivity index is 2.12. The summed E-state index contributed by atoms with van der Waals surface area (Å²) in [5.74, 6) is 5.96. The van der Waals surface area contributed by atoms with E-state index in [1.54, 1.807) is 0 Å². The third-order valence-electron chi connectivity index (χ3n) is 3.52. The molecular weight excluding hydrogens is 256 g/mol. The first-order chi connectivity index (χ1) is 9.26. The molecule has 1 aliphatic heterocycles. The van der Waals surface area contributed by atoms with Gasteiger partial charge in [-0.15, -0.1) is 11.3 Å². The van der Waals surface area contributed by atoms with Gasteiger partial charge in [0.2, 0.25) is 0 Å². The number of nitrogens with two attached hydrogens (primary N) is 1. The van der Waals surface area contributed by atoms with Crippen LogP contribution in [0.4, 0.5) is 0 Å². The van der Waals surface area contributed by atoms with Crippen LogP contribution in [0.1, 0.15) is 47.8 Å². The molecule has 0 saturated carbocycles. The number of carbonyl (C=O) groups is 1. The Morgan fingerprint density at radius 3 is 3.16 bits per heavy atom. The van der Waals surface area contributed by atoms with E-state index >= 15 is 0 Å². The summed E-state index contributed by atoms with van der Waals surface area (Å²) in [4.78, 5) is 15.5. The van der Waals surface area contributed by atoms with Crippen LogP contribution in [0, 0.1) is 11.8 Å². The molecule has 2 N–H and O–H groups in total. The Bertz CT molecular complexity index is 498. The van der Waals surface area contributed by atoms with Gasteiger partial charge in [-0.1, -0.05) is 18.8 Å². The normalized spacial score (nSPS) is 18.8. The molecule has 0 aromatic carbocycles. The van der Waals surface area contributed by atoms with Crippen LogP contribution in [0.2, 0.25) is 0 Å². The van der Waals surface area contributed by atoms with Crippen molar-refractivity contribution < 1.29 is 4.79 Å². The van der Waals surface area contributed by atoms with Gasteiger partial charge in [-0.3, -0.25) is 4.79 Å². The molecule has 3 nitrogen and oxygen atoms in total. The third-order valence-corrected chi connectivity index (χ3v) is 4.36. The highest BCUT2D eigenvalue weighted by atomic mass is 32.1. The molecule has 2 rings (SSSR count). The Kier molecular flexibility index (Phi) is 5.00. The lowest BCUT2D eigenvalue weighted by atomic mass is 9.99. The maximum absolute atomic E-state index is 12.5. The van der Waals surface area contributed by atoms with Crippen LogP contribution < -0.4 is 5.73 Å². The lowest BCUT2D eigenvalue weighted by molar-refractivity contribution is 0.0608. The van der Waals surface area contributed by atoms with Gasteiger partial charge in [-0.2, -0.15) is 0 Å². The highest BCUT2D eigenvalue weighted by Crippen LogP contribution is 2.23. The number of thiophene rings is 1. The smallest absolute Gasteiger partial charge is 0.254 e. The van der Waals surface area contributed by atoms with E-state index in [4.69, 9.17) is 5.73 Å². The highest BCUT2D eigenvalue weighted by molar-refractivity contribution is 7.10. The van der Waals surface area contributed by atoms with Crippen molar-refractivity contribution in [2.45, 2.75) is 38.6 Å². The van der Waals surface area contributed by atoms with Gasteiger partial charge in [0.25, 0.3) is 5.91 Å². The second kappa shape index (κ2) is 6.74. The third kappa shape index (κ3) is 3.37. The van der Waals surface area contributed by atoms with Gasteiger partial charge in [0.05, 0.1) is 17.0 Å². The average molecular weight is 276 g/mol. The van der Waals surface area contributed by atoms with E-state index in [-0.39, 0.29) is 5.91 Å². The fourth-order valence-corrected chi connectivity index (χ4v) is 3.26. The van der Waals surface area contributed by atoms with Crippen LogP contribution >= 0.6 is 11.3 Å². The number of piperidine rings is 1. The zero-order valence-corrected chi connectivity index (χ0v) is 12.1. The number of rotatable bonds is 2. The van der Waals surface area contributed by atoms with Crippen molar-refractivity contribution in [3.05, 3.63) is 21.9 Å². The van der Waals surface area contributed by atoms with E-state index < -0.39 is 0 Å². The topological polar surface area (TPSA) is 46.3 Å². The monoisotopic (exact) mass is 276 g/mol. The SMILES string of the molecule is CCC1CCCCN1C(=O)c1csc(C#CCN)c1. The molecule has 1 amide bonds. The zero-order valence-electron chi connectivity index (χ0n) is 11.3. The highest BCUT2D eigenvalue weighted by Gasteiger charge is 2.26. The maximum atomic E-state index is 12.5. The molecule has 102 valence electrons. The van der Waals surface area contributed by atoms with E-state index in [0.717, 1.165) is 36.2 Å². The minimum absolute atomic E-state index is 0.156. The van der Waals surface area contributed by atoms with E-state index in [9.17, 15) is 4.79 Å². The van der Waals surface area contributed by atoms with Crippen LogP contribution in [-0.2, 0) is 0 Å². The van der Waals surface area contributed by atoms with Gasteiger partial charge >= 0.3 is 0 Å². The summed E-state index contributed by atoms with van der Waals surface area (Å²) < 4.78 is 0. The molecule has 19 heavy (non-hydrogen) atoms. The number of hydrogen-bond acceptors (Lipinski definition) is 3. The molecule has 4 heteroatoms. The van der Waals surface area contributed by atoms with Crippen LogP contribution in [0.15, 0.2) is 11.4 Å². The Morgan fingerprint density at radius 2 is 2.42 bits per heavy atom. The van der Waals surface area contributed by atoms with E-state index in [2.05, 4.69) is 18.8 Å². The fraction of sp³-hybridized carbons (Fsp3) is 0.533. The van der Waals surface area contributed by atoms with Crippen molar-refractivity contribution in [3.63, 3.8) is 0 Å². The lowest BCUT2D eigenvalue weighted by Gasteiger charge is -2.35. The minimum Gasteiger partial charge on any atom is -0.336 e. The molecule has 1 fully saturated rings. The van der Waals surface area contributed by atoms with Gasteiger partial charge in [0.1, 0.15) is 0 Å². The second-order valence-electron chi connectivity index (χ2n) is 4.76. The Labute approximate surface area is 118 Å². The molecule has 1 atom stereocenters. The summed E-state index contributed by atoms with van der Waals surface area (Å²) in [5, 5.41) is 1.91. The van der Waals surface area contributed by atoms with Gasteiger partial charge in [0, 0.05) is 18.0 Å². The largest absolute Gasteiger partial charge is 0.336 e. The van der Waals surface area contributed by atoms with Gasteiger partial charge in [-0.25, -0.2) is 0 Å². The summed E-state index contributed by atoms with van der Waals surface area (Å²) in [6.45, 7) is 3.39. The predicted octanol–water partition coefficient (Wildman–Crippen LogP) is 2.46. The standard InChI is InChI=1S/C15H20N2OS/c1-2-13-6-3-4-9-17(13)15(18)12-10-14(19-11-12)7-5-8-16/h10-11,13H,2-4,6,8-9,16H2,1H3. The number of amides is 1. The first kappa shape index (κ1) is 14.1. The predicted molar refractivity (Wildman–Crippen MR) is 79.2 cm³/mol. The van der Waals surface area contributed by atoms with Gasteiger partial charge in [-0.05, 0) is 31.7 Å². The minimum atomic E-state index is 0.156. The summed E-state index contributed by atoms with van der Waals surface area (Å²) in [5.41, 5.74) is 6.12. The summed E-state index contributed by atoms with van der Waals surface area (Å²) in [6.07, 6.45) is 4.52. The first-order valence-electron chi connectivity index (χ1n) is 6.84. The van der Waals surface area contributed by atoms with Crippen LogP contribution in [0.3, 0.4) is 0 Å². The van der Waals surface area contributed by atoms with Crippen molar-refractivity contribution in [1.82, 2.24) is 4.90 Å². The molecule has 1 unspecified atom stereocenters. The molecule has 1 aromatic rings. The lowest BCUT2D eigenvalue weighted by Crippen LogP contribution is -2.43. The fourth-order valence-electron chi connectivity index (χ4n) is 2.51. The quantitative estimate of drug-likeness (QED) is 0.843. The van der Waals surface area contributed by atoms with Crippen molar-refractivity contribution in [1.29, 1.82) is 0 Å². The Morgan fingerprint density at radius 1 is 1.58 bits per heavy atom. The van der Waals surface area contributed by atoms with E-state index in [1.165, 1.54) is 17.8 Å². The van der Waals surface area contributed by atoms with Crippen LogP contribution in [-0.4, -0.2) is 29.9 Å². The average Bonchev–Trinajstić information content (AvgIpc) is 2.93. The van der Waals surface area contributed by atoms with Crippen molar-refractivity contribution in [2.24, 2.45) is 5.73 Å². The number of nitrogens with zero attached hydrogens (tertiary/aromatic N) is 1. The zero-order chi connectivity index (χ0) is 13.7. The molecule has 1 aliphatic rings. The summed E-state index contributed by atoms with van der Waals surface area (Å²) >= 11 is 1.51. The van der Waals surface area contributed by atoms with Crippen LogP contribution in [0.5, 0.6) is 0 Å². The van der Waals surface area contributed by atoms with Gasteiger partial charge < -0.3 is 10.6 Å². The maximum Gasteiger partial charge on any atom is 0.254 e. The van der Waals surface area contributed by atoms with Crippen molar-refractivity contribution in [3.8, 4) is 11.8 Å². The molecule has 2 heterocycles. The molecule has 0 aliphatic carbocycles. The molecule has 1 aromatic heterocycles. The molecule has 0 bridgehead atoms. The number of hydrogen-bond donors (Lipinski definition) is 1. The summed E-state index contributed by atoms with van der Waals surface area (Å²) in [7, 11) is 0. The van der Waals surface area contributed by atoms with Crippen LogP contribution in [0.25, 0.3) is 0 Å². The van der Waals surface area contributed by atoms with Crippen molar-refractivity contribution in [2.75, 3.05) is 13.1 Å². The molecule has 1 saturated heterocycles. The molecule has 0 spiro atoms. The number of likely N-dealkylation sites (tertiary alicyclic amines) is 1. The first-order valence-corrected chi connectivity index (χ1v) is 7.72. The van der Waals surface area contributed by atoms with E-state index in [1.807, 2.05) is 16.3 Å². The Hall–Kier alpha value is -1.31.